The van der Waals surface area contributed by atoms with Crippen molar-refractivity contribution in [1.82, 2.24) is 5.32 Å². The van der Waals surface area contributed by atoms with Crippen LogP contribution in [0.25, 0.3) is 0 Å². The molecule has 0 bridgehead atoms. The number of carbonyl (C=O) groups excluding carboxylic acids is 1. The van der Waals surface area contributed by atoms with Crippen LogP contribution in [-0.2, 0) is 33.3 Å². The van der Waals surface area contributed by atoms with Crippen LogP contribution in [0.2, 0.25) is 0 Å². The Kier molecular flexibility index (Phi) is 17.1. The number of aliphatic carboxylic acids is 1. The second kappa shape index (κ2) is 21.7. The number of nitrogens with two attached hydrogens (primary N) is 1. The van der Waals surface area contributed by atoms with Crippen LogP contribution in [0.1, 0.15) is 78.1 Å². The number of ether oxygens (including phenoxy) is 5. The first-order valence-corrected chi connectivity index (χ1v) is 20.7. The van der Waals surface area contributed by atoms with E-state index in [1.54, 1.807) is 26.0 Å². The molecule has 0 aromatic heterocycles. The number of carbonyl (C=O) groups is 2. The molecule has 3 aliphatic heterocycles. The number of quaternary nitrogens is 1. The number of aliphatic hydroxyl groups excluding tert-OH is 4. The van der Waals surface area contributed by atoms with Gasteiger partial charge in [0.05, 0.1) is 42.8 Å². The van der Waals surface area contributed by atoms with Gasteiger partial charge in [0.2, 0.25) is 12.1 Å². The van der Waals surface area contributed by atoms with Gasteiger partial charge in [0.15, 0.2) is 18.4 Å². The number of nitrogens with zero attached hydrogens (tertiary/aromatic N) is 1. The molecule has 11 N–H and O–H groups in total. The van der Waals surface area contributed by atoms with Crippen LogP contribution in [0.5, 0.6) is 0 Å². The smallest absolute Gasteiger partial charge is 0.343 e. The van der Waals surface area contributed by atoms with Gasteiger partial charge in [0.1, 0.15) is 43.2 Å². The Balaban J connectivity index is 1.62. The second-order valence-corrected chi connectivity index (χ2v) is 16.0. The number of aliphatic hydroxyl groups is 6. The van der Waals surface area contributed by atoms with E-state index in [-0.39, 0.29) is 61.8 Å². The molecule has 59 heavy (non-hydrogen) atoms. The standard InChI is InChI=1S/C41H62N4O14/c1-24(2)56-35-39(58-32(22-48)34(49)41(35,53)54)59-38-29(19-25-9-4-3-5-10-25)28(31(23-55-38)37(52)57-27-11-6-7-12-27)14-13-26-20-45(16-18-47)21-30(36(50)51)33(26)44-40(42)43-15-8-17-46/h13-14,19,21,23-24,27-29,32,34-35,38-39,46-49,53-54H,3-12,15-18,20,22H2,1-2H3,(H,50,51)(H3,42,43,44)/p+1/b14-13+/t28-,29+,32+,34+,35-,38-,39-/m0/s1. The maximum absolute atomic E-state index is 14.1. The molecular formula is C41H63N4O14+. The summed E-state index contributed by atoms with van der Waals surface area (Å²) in [6, 6.07) is 0. The molecule has 2 aliphatic carbocycles. The molecule has 1 unspecified atom stereocenters. The first-order chi connectivity index (χ1) is 28.3. The number of guanidine groups is 1. The molecule has 0 aromatic carbocycles. The Bertz CT molecular complexity index is 1630. The molecule has 0 amide bonds. The van der Waals surface area contributed by atoms with Crippen LogP contribution in [0, 0.1) is 11.8 Å². The van der Waals surface area contributed by atoms with Crippen LogP contribution >= 0.6 is 0 Å². The maximum Gasteiger partial charge on any atom is 0.343 e. The summed E-state index contributed by atoms with van der Waals surface area (Å²) in [5.74, 6) is -6.45. The molecule has 330 valence electrons. The van der Waals surface area contributed by atoms with Crippen molar-refractivity contribution in [3.63, 3.8) is 0 Å². The van der Waals surface area contributed by atoms with Crippen molar-refractivity contribution in [2.24, 2.45) is 22.6 Å². The summed E-state index contributed by atoms with van der Waals surface area (Å²) in [6.45, 7) is 2.81. The molecule has 3 heterocycles. The van der Waals surface area contributed by atoms with Gasteiger partial charge in [-0.2, -0.15) is 0 Å². The third-order valence-corrected chi connectivity index (χ3v) is 11.2. The molecule has 1 saturated heterocycles. The zero-order valence-corrected chi connectivity index (χ0v) is 33.9. The number of rotatable bonds is 17. The Morgan fingerprint density at radius 2 is 1.81 bits per heavy atom. The van der Waals surface area contributed by atoms with E-state index in [4.69, 9.17) is 29.4 Å². The van der Waals surface area contributed by atoms with Crippen molar-refractivity contribution in [3.05, 3.63) is 58.7 Å². The van der Waals surface area contributed by atoms with Gasteiger partial charge in [-0.15, -0.1) is 0 Å². The van der Waals surface area contributed by atoms with Crippen molar-refractivity contribution >= 4 is 17.9 Å². The Morgan fingerprint density at radius 1 is 1.08 bits per heavy atom. The van der Waals surface area contributed by atoms with E-state index in [1.807, 2.05) is 6.08 Å². The summed E-state index contributed by atoms with van der Waals surface area (Å²) >= 11 is 0. The maximum atomic E-state index is 14.1. The number of hydrogen-bond acceptors (Lipinski definition) is 14. The summed E-state index contributed by atoms with van der Waals surface area (Å²) in [4.78, 5) is 31.6. The number of esters is 1. The normalized spacial score (nSPS) is 30.6. The van der Waals surface area contributed by atoms with Crippen LogP contribution in [0.3, 0.4) is 0 Å². The predicted molar refractivity (Wildman–Crippen MR) is 210 cm³/mol. The van der Waals surface area contributed by atoms with Crippen molar-refractivity contribution in [1.29, 1.82) is 0 Å². The average Bonchev–Trinajstić information content (AvgIpc) is 3.71. The SMILES string of the molecule is CC(C)O[C@H]1[C@H](O[C@@H]2OC=C(C(=O)OC3CCCC3)[C@@H](/C=C/C3=C(NC(N)=NCCCO)C(C(=O)O)=C[NH+](CCO)C3)[C@H]2C=C2CCCCC2)O[C@H](CO)[C@@H](O)C1(O)O. The molecule has 0 radical (unpaired) electrons. The lowest BCUT2D eigenvalue weighted by Gasteiger charge is -2.48. The minimum Gasteiger partial charge on any atom is -0.477 e. The highest BCUT2D eigenvalue weighted by molar-refractivity contribution is 5.94. The first-order valence-electron chi connectivity index (χ1n) is 20.7. The van der Waals surface area contributed by atoms with E-state index in [2.05, 4.69) is 10.3 Å². The fourth-order valence-electron chi connectivity index (χ4n) is 8.13. The Morgan fingerprint density at radius 3 is 2.46 bits per heavy atom. The summed E-state index contributed by atoms with van der Waals surface area (Å²) in [5.41, 5.74) is 7.95. The van der Waals surface area contributed by atoms with Crippen LogP contribution in [0.15, 0.2) is 63.7 Å². The van der Waals surface area contributed by atoms with Crippen molar-refractivity contribution in [3.8, 4) is 0 Å². The summed E-state index contributed by atoms with van der Waals surface area (Å²) < 4.78 is 30.4. The average molecular weight is 836 g/mol. The molecular weight excluding hydrogens is 772 g/mol. The molecule has 18 nitrogen and oxygen atoms in total. The third kappa shape index (κ3) is 12.0. The molecule has 3 fully saturated rings. The molecule has 5 rings (SSSR count). The van der Waals surface area contributed by atoms with Gasteiger partial charge >= 0.3 is 11.9 Å². The number of hydrogen-bond donors (Lipinski definition) is 10. The fourth-order valence-corrected chi connectivity index (χ4v) is 8.13. The van der Waals surface area contributed by atoms with Crippen LogP contribution < -0.4 is 16.0 Å². The molecule has 0 aromatic rings. The third-order valence-electron chi connectivity index (χ3n) is 11.2. The number of carboxylic acid groups (broad SMARTS) is 1. The quantitative estimate of drug-likeness (QED) is 0.0218. The van der Waals surface area contributed by atoms with E-state index >= 15 is 0 Å². The Hall–Kier alpha value is -3.69. The van der Waals surface area contributed by atoms with E-state index in [0.29, 0.717) is 16.9 Å². The largest absolute Gasteiger partial charge is 0.477 e. The molecule has 18 heteroatoms. The van der Waals surface area contributed by atoms with E-state index in [1.165, 1.54) is 12.5 Å². The predicted octanol–water partition coefficient (Wildman–Crippen LogP) is -0.639. The monoisotopic (exact) mass is 835 g/mol. The number of nitrogens with one attached hydrogen (secondary N) is 2. The van der Waals surface area contributed by atoms with E-state index in [0.717, 1.165) is 63.4 Å². The van der Waals surface area contributed by atoms with Crippen LogP contribution in [0.4, 0.5) is 0 Å². The molecule has 0 spiro atoms. The lowest BCUT2D eigenvalue weighted by molar-refractivity contribution is -0.843. The number of allylic oxidation sites excluding steroid dienone is 2. The van der Waals surface area contributed by atoms with Gasteiger partial charge in [0, 0.05) is 24.6 Å². The topological polar surface area (TPSA) is 277 Å². The lowest BCUT2D eigenvalue weighted by Crippen LogP contribution is -3.09. The minimum atomic E-state index is -2.91. The Labute approximate surface area is 344 Å². The van der Waals surface area contributed by atoms with E-state index < -0.39 is 73.2 Å². The first kappa shape index (κ1) is 46.4. The minimum absolute atomic E-state index is 0.0712. The van der Waals surface area contributed by atoms with Gasteiger partial charge in [-0.05, 0) is 71.6 Å². The van der Waals surface area contributed by atoms with Crippen molar-refractivity contribution < 1.29 is 73.9 Å². The molecule has 2 saturated carbocycles. The number of carboxylic acids is 1. The molecule has 5 aliphatic rings. The van der Waals surface area contributed by atoms with Crippen molar-refractivity contribution in [2.75, 3.05) is 39.5 Å². The zero-order chi connectivity index (χ0) is 42.7. The number of aliphatic imine (C=N–C) groups is 1. The second-order valence-electron chi connectivity index (χ2n) is 16.0. The highest BCUT2D eigenvalue weighted by Crippen LogP contribution is 2.41. The fraction of sp³-hybridized carbons (Fsp3) is 0.683. The highest BCUT2D eigenvalue weighted by atomic mass is 16.8. The van der Waals surface area contributed by atoms with E-state index in [9.17, 15) is 45.3 Å². The van der Waals surface area contributed by atoms with Gasteiger partial charge in [-0.25, -0.2) is 9.59 Å². The summed E-state index contributed by atoms with van der Waals surface area (Å²) in [7, 11) is 0. The highest BCUT2D eigenvalue weighted by Gasteiger charge is 2.57. The molecule has 8 atom stereocenters. The van der Waals surface area contributed by atoms with Gasteiger partial charge in [-0.1, -0.05) is 30.2 Å². The van der Waals surface area contributed by atoms with Gasteiger partial charge in [0.25, 0.3) is 0 Å². The van der Waals surface area contributed by atoms with Crippen molar-refractivity contribution in [2.45, 2.75) is 127 Å². The summed E-state index contributed by atoms with van der Waals surface area (Å²) in [6.07, 6.45) is 7.50. The lowest BCUT2D eigenvalue weighted by atomic mass is 9.80. The van der Waals surface area contributed by atoms with Gasteiger partial charge < -0.3 is 75.4 Å². The van der Waals surface area contributed by atoms with Gasteiger partial charge in [-0.3, -0.25) is 4.99 Å². The summed E-state index contributed by atoms with van der Waals surface area (Å²) in [5, 5.41) is 75.4. The van der Waals surface area contributed by atoms with Crippen LogP contribution in [-0.4, -0.2) is 142 Å². The zero-order valence-electron chi connectivity index (χ0n) is 33.9.